The number of thiophene rings is 1. The minimum atomic E-state index is -0.211. The second kappa shape index (κ2) is 8.12. The molecule has 2 aromatic carbocycles. The van der Waals surface area contributed by atoms with E-state index in [1.165, 1.54) is 16.9 Å². The Kier molecular flexibility index (Phi) is 5.87. The third-order valence-corrected chi connectivity index (χ3v) is 5.53. The van der Waals surface area contributed by atoms with Crippen LogP contribution in [-0.2, 0) is 6.61 Å². The summed E-state index contributed by atoms with van der Waals surface area (Å²) in [5, 5.41) is 5.64. The highest BCUT2D eigenvalue weighted by Crippen LogP contribution is 2.27. The lowest BCUT2D eigenvalue weighted by molar-refractivity contribution is 0.103. The van der Waals surface area contributed by atoms with Crippen LogP contribution in [0.5, 0.6) is 5.75 Å². The summed E-state index contributed by atoms with van der Waals surface area (Å²) < 4.78 is 5.89. The number of anilines is 1. The number of carbonyl (C=O) groups is 1. The van der Waals surface area contributed by atoms with Gasteiger partial charge in [-0.1, -0.05) is 35.3 Å². The zero-order valence-corrected chi connectivity index (χ0v) is 16.6. The summed E-state index contributed by atoms with van der Waals surface area (Å²) in [6.45, 7) is 4.50. The third-order valence-electron chi connectivity index (χ3n) is 4.01. The summed E-state index contributed by atoms with van der Waals surface area (Å²) in [7, 11) is 0. The molecule has 134 valence electrons. The van der Waals surface area contributed by atoms with Crippen LogP contribution in [-0.4, -0.2) is 5.91 Å². The van der Waals surface area contributed by atoms with Crippen LogP contribution in [0.1, 0.15) is 26.4 Å². The molecule has 3 aromatic rings. The van der Waals surface area contributed by atoms with Crippen LogP contribution in [0.25, 0.3) is 0 Å². The molecule has 0 atom stereocenters. The molecule has 26 heavy (non-hydrogen) atoms. The van der Waals surface area contributed by atoms with E-state index in [1.807, 2.05) is 30.5 Å². The third kappa shape index (κ3) is 4.39. The van der Waals surface area contributed by atoms with E-state index in [0.717, 1.165) is 16.9 Å². The van der Waals surface area contributed by atoms with Crippen molar-refractivity contribution >= 4 is 46.1 Å². The average molecular weight is 406 g/mol. The van der Waals surface area contributed by atoms with Crippen LogP contribution >= 0.6 is 34.5 Å². The first kappa shape index (κ1) is 18.8. The summed E-state index contributed by atoms with van der Waals surface area (Å²) in [4.78, 5) is 13.0. The van der Waals surface area contributed by atoms with Gasteiger partial charge in [0.25, 0.3) is 5.91 Å². The van der Waals surface area contributed by atoms with Crippen molar-refractivity contribution in [3.05, 3.63) is 79.5 Å². The van der Waals surface area contributed by atoms with E-state index in [9.17, 15) is 4.79 Å². The van der Waals surface area contributed by atoms with Crippen molar-refractivity contribution in [1.82, 2.24) is 0 Å². The average Bonchev–Trinajstić information content (AvgIpc) is 3.08. The molecule has 1 aromatic heterocycles. The van der Waals surface area contributed by atoms with Gasteiger partial charge in [-0.2, -0.15) is 0 Å². The highest BCUT2D eigenvalue weighted by molar-refractivity contribution is 7.12. The van der Waals surface area contributed by atoms with Crippen molar-refractivity contribution in [3.63, 3.8) is 0 Å². The number of ether oxygens (including phenoxy) is 1. The molecule has 1 N–H and O–H groups in total. The highest BCUT2D eigenvalue weighted by Gasteiger charge is 2.12. The molecule has 0 saturated carbocycles. The van der Waals surface area contributed by atoms with Gasteiger partial charge in [0.05, 0.1) is 15.6 Å². The van der Waals surface area contributed by atoms with Crippen molar-refractivity contribution in [2.45, 2.75) is 20.5 Å². The van der Waals surface area contributed by atoms with Gasteiger partial charge in [0.1, 0.15) is 12.4 Å². The van der Waals surface area contributed by atoms with Gasteiger partial charge < -0.3 is 10.1 Å². The van der Waals surface area contributed by atoms with Gasteiger partial charge in [0.15, 0.2) is 0 Å². The Morgan fingerprint density at radius 3 is 2.73 bits per heavy atom. The quantitative estimate of drug-likeness (QED) is 0.525. The van der Waals surface area contributed by atoms with Crippen molar-refractivity contribution in [2.75, 3.05) is 5.32 Å². The monoisotopic (exact) mass is 405 g/mol. The van der Waals surface area contributed by atoms with E-state index in [1.54, 1.807) is 18.2 Å². The van der Waals surface area contributed by atoms with E-state index in [0.29, 0.717) is 27.2 Å². The molecule has 0 unspecified atom stereocenters. The molecule has 0 aliphatic rings. The zero-order valence-electron chi connectivity index (χ0n) is 14.3. The molecular formula is C20H17Cl2NO2S. The smallest absolute Gasteiger partial charge is 0.265 e. The van der Waals surface area contributed by atoms with Crippen LogP contribution in [0.3, 0.4) is 0 Å². The minimum Gasteiger partial charge on any atom is -0.489 e. The summed E-state index contributed by atoms with van der Waals surface area (Å²) >= 11 is 13.3. The Bertz CT molecular complexity index is 953. The maximum Gasteiger partial charge on any atom is 0.265 e. The molecular weight excluding hydrogens is 389 g/mol. The molecule has 1 amide bonds. The molecule has 0 aliphatic heterocycles. The minimum absolute atomic E-state index is 0.211. The number of hydrogen-bond donors (Lipinski definition) is 1. The van der Waals surface area contributed by atoms with Crippen LogP contribution in [0, 0.1) is 13.8 Å². The van der Waals surface area contributed by atoms with Crippen molar-refractivity contribution in [3.8, 4) is 5.75 Å². The number of rotatable bonds is 5. The van der Waals surface area contributed by atoms with E-state index >= 15 is 0 Å². The normalized spacial score (nSPS) is 10.6. The lowest BCUT2D eigenvalue weighted by Gasteiger charge is -2.09. The molecule has 0 aliphatic carbocycles. The van der Waals surface area contributed by atoms with E-state index in [-0.39, 0.29) is 5.91 Å². The van der Waals surface area contributed by atoms with Gasteiger partial charge in [0.2, 0.25) is 0 Å². The fourth-order valence-corrected chi connectivity index (χ4v) is 3.63. The van der Waals surface area contributed by atoms with Gasteiger partial charge in [0, 0.05) is 10.6 Å². The van der Waals surface area contributed by atoms with E-state index < -0.39 is 0 Å². The van der Waals surface area contributed by atoms with Gasteiger partial charge in [-0.15, -0.1) is 11.3 Å². The van der Waals surface area contributed by atoms with E-state index in [4.69, 9.17) is 27.9 Å². The zero-order chi connectivity index (χ0) is 18.7. The predicted octanol–water partition coefficient (Wildman–Crippen LogP) is 6.50. The van der Waals surface area contributed by atoms with Gasteiger partial charge in [-0.05, 0) is 60.7 Å². The lowest BCUT2D eigenvalue weighted by Crippen LogP contribution is -2.10. The molecule has 1 heterocycles. The van der Waals surface area contributed by atoms with Crippen molar-refractivity contribution in [2.24, 2.45) is 0 Å². The fourth-order valence-electron chi connectivity index (χ4n) is 2.39. The first-order chi connectivity index (χ1) is 12.4. The first-order valence-corrected chi connectivity index (χ1v) is 9.60. The molecule has 0 spiro atoms. The maximum absolute atomic E-state index is 12.4. The van der Waals surface area contributed by atoms with Crippen LogP contribution in [0.15, 0.2) is 47.8 Å². The number of benzene rings is 2. The number of carbonyl (C=O) groups excluding carboxylic acids is 1. The Hall–Kier alpha value is -2.01. The Labute approximate surface area is 166 Å². The molecule has 3 nitrogen and oxygen atoms in total. The maximum atomic E-state index is 12.4. The molecule has 6 heteroatoms. The second-order valence-corrected chi connectivity index (χ2v) is 7.64. The summed E-state index contributed by atoms with van der Waals surface area (Å²) in [5.74, 6) is 0.646. The number of nitrogens with one attached hydrogen (secondary N) is 1. The Morgan fingerprint density at radius 1 is 1.15 bits per heavy atom. The molecule has 0 bridgehead atoms. The van der Waals surface area contributed by atoms with Crippen molar-refractivity contribution < 1.29 is 9.53 Å². The van der Waals surface area contributed by atoms with Crippen LogP contribution in [0.4, 0.5) is 5.69 Å². The standard InChI is InChI=1S/C20H17Cl2NO2S/c1-12-4-3-5-18(13(12)2)25-10-14-8-19(26-11-14)20(24)23-17-7-6-15(21)9-16(17)22/h3-9,11H,10H2,1-2H3,(H,23,24). The Balaban J connectivity index is 1.65. The largest absolute Gasteiger partial charge is 0.489 e. The van der Waals surface area contributed by atoms with Gasteiger partial charge in [-0.25, -0.2) is 0 Å². The van der Waals surface area contributed by atoms with Crippen molar-refractivity contribution in [1.29, 1.82) is 0 Å². The lowest BCUT2D eigenvalue weighted by atomic mass is 10.1. The van der Waals surface area contributed by atoms with Gasteiger partial charge >= 0.3 is 0 Å². The Morgan fingerprint density at radius 2 is 1.96 bits per heavy atom. The van der Waals surface area contributed by atoms with Crippen LogP contribution in [0.2, 0.25) is 10.0 Å². The number of amides is 1. The first-order valence-electron chi connectivity index (χ1n) is 7.97. The fraction of sp³-hybridized carbons (Fsp3) is 0.150. The number of aryl methyl sites for hydroxylation is 1. The predicted molar refractivity (Wildman–Crippen MR) is 109 cm³/mol. The summed E-state index contributed by atoms with van der Waals surface area (Å²) in [5.41, 5.74) is 3.79. The van der Waals surface area contributed by atoms with Gasteiger partial charge in [-0.3, -0.25) is 4.79 Å². The second-order valence-electron chi connectivity index (χ2n) is 5.88. The topological polar surface area (TPSA) is 38.3 Å². The number of hydrogen-bond acceptors (Lipinski definition) is 3. The summed E-state index contributed by atoms with van der Waals surface area (Å²) in [6.07, 6.45) is 0. The van der Waals surface area contributed by atoms with E-state index in [2.05, 4.69) is 18.3 Å². The summed E-state index contributed by atoms with van der Waals surface area (Å²) in [6, 6.07) is 12.8. The molecule has 0 fully saturated rings. The number of halogens is 2. The SMILES string of the molecule is Cc1cccc(OCc2csc(C(=O)Nc3ccc(Cl)cc3Cl)c2)c1C. The van der Waals surface area contributed by atoms with Crippen LogP contribution < -0.4 is 10.1 Å². The molecule has 0 radical (unpaired) electrons. The molecule has 0 saturated heterocycles. The highest BCUT2D eigenvalue weighted by atomic mass is 35.5. The molecule has 3 rings (SSSR count).